The molecule has 1 heterocycles. The van der Waals surface area contributed by atoms with Crippen LogP contribution in [0.3, 0.4) is 0 Å². The Balaban J connectivity index is 0.00000162. The van der Waals surface area contributed by atoms with E-state index in [1.54, 1.807) is 0 Å². The molecule has 0 bridgehead atoms. The topological polar surface area (TPSA) is 41.1 Å². The number of halogens is 2. The van der Waals surface area contributed by atoms with E-state index in [1.807, 2.05) is 24.3 Å². The molecule has 1 aromatic carbocycles. The highest BCUT2D eigenvalue weighted by Crippen LogP contribution is 2.12. The molecule has 1 fully saturated rings. The fraction of sp³-hybridized carbons (Fsp3) is 0.462. The van der Waals surface area contributed by atoms with Crippen molar-refractivity contribution < 1.29 is 4.79 Å². The van der Waals surface area contributed by atoms with Crippen molar-refractivity contribution in [1.82, 2.24) is 10.6 Å². The van der Waals surface area contributed by atoms with Crippen LogP contribution in [-0.2, 0) is 0 Å². The Morgan fingerprint density at radius 2 is 2.06 bits per heavy atom. The minimum Gasteiger partial charge on any atom is -0.348 e. The molecular formula is C13H18BrClN2O. The summed E-state index contributed by atoms with van der Waals surface area (Å²) in [7, 11) is 0. The number of rotatable bonds is 2. The number of hydrogen-bond donors (Lipinski definition) is 2. The van der Waals surface area contributed by atoms with Crippen molar-refractivity contribution in [3.05, 3.63) is 34.3 Å². The van der Waals surface area contributed by atoms with Gasteiger partial charge in [0.05, 0.1) is 0 Å². The minimum absolute atomic E-state index is 0. The molecule has 0 aliphatic carbocycles. The molecule has 2 unspecified atom stereocenters. The number of nitrogens with one attached hydrogen (secondary N) is 2. The lowest BCUT2D eigenvalue weighted by molar-refractivity contribution is 0.0920. The van der Waals surface area contributed by atoms with Crippen molar-refractivity contribution in [3.8, 4) is 0 Å². The van der Waals surface area contributed by atoms with Gasteiger partial charge in [0.1, 0.15) is 0 Å². The van der Waals surface area contributed by atoms with Crippen molar-refractivity contribution in [2.45, 2.75) is 31.8 Å². The van der Waals surface area contributed by atoms with Crippen LogP contribution in [0.5, 0.6) is 0 Å². The number of benzene rings is 1. The maximum absolute atomic E-state index is 12.0. The highest BCUT2D eigenvalue weighted by atomic mass is 79.9. The van der Waals surface area contributed by atoms with E-state index < -0.39 is 0 Å². The number of carbonyl (C=O) groups excluding carboxylic acids is 1. The van der Waals surface area contributed by atoms with E-state index in [-0.39, 0.29) is 24.4 Å². The monoisotopic (exact) mass is 332 g/mol. The molecule has 2 rings (SSSR count). The molecule has 2 atom stereocenters. The molecule has 18 heavy (non-hydrogen) atoms. The summed E-state index contributed by atoms with van der Waals surface area (Å²) in [5.74, 6) is 0.0121. The highest BCUT2D eigenvalue weighted by Gasteiger charge is 2.22. The molecule has 1 amide bonds. The standard InChI is InChI=1S/C13H17BrN2O.ClH/c1-9-12(3-2-8-15-9)16-13(17)10-4-6-11(14)7-5-10;/h4-7,9,12,15H,2-3,8H2,1H3,(H,16,17);1H. The number of hydrogen-bond acceptors (Lipinski definition) is 2. The van der Waals surface area contributed by atoms with Gasteiger partial charge in [0, 0.05) is 22.1 Å². The van der Waals surface area contributed by atoms with E-state index in [0.717, 1.165) is 23.9 Å². The van der Waals surface area contributed by atoms with Crippen LogP contribution in [0.2, 0.25) is 0 Å². The van der Waals surface area contributed by atoms with Crippen LogP contribution in [0.25, 0.3) is 0 Å². The van der Waals surface area contributed by atoms with Crippen LogP contribution in [0.15, 0.2) is 28.7 Å². The van der Waals surface area contributed by atoms with Crippen molar-refractivity contribution in [2.24, 2.45) is 0 Å². The molecule has 1 aliphatic rings. The van der Waals surface area contributed by atoms with Crippen molar-refractivity contribution in [3.63, 3.8) is 0 Å². The van der Waals surface area contributed by atoms with E-state index in [9.17, 15) is 4.79 Å². The molecule has 0 saturated carbocycles. The second kappa shape index (κ2) is 7.12. The summed E-state index contributed by atoms with van der Waals surface area (Å²) in [6.07, 6.45) is 2.17. The van der Waals surface area contributed by atoms with Crippen LogP contribution in [-0.4, -0.2) is 24.5 Å². The van der Waals surface area contributed by atoms with Crippen molar-refractivity contribution in [1.29, 1.82) is 0 Å². The van der Waals surface area contributed by atoms with E-state index in [0.29, 0.717) is 11.6 Å². The van der Waals surface area contributed by atoms with Gasteiger partial charge in [0.15, 0.2) is 0 Å². The Morgan fingerprint density at radius 3 is 2.67 bits per heavy atom. The zero-order chi connectivity index (χ0) is 12.3. The Bertz CT molecular complexity index is 396. The van der Waals surface area contributed by atoms with Gasteiger partial charge in [0.25, 0.3) is 5.91 Å². The predicted octanol–water partition coefficient (Wildman–Crippen LogP) is 2.74. The summed E-state index contributed by atoms with van der Waals surface area (Å²) in [4.78, 5) is 12.0. The highest BCUT2D eigenvalue weighted by molar-refractivity contribution is 9.10. The Hall–Kier alpha value is -0.580. The second-order valence-corrected chi connectivity index (χ2v) is 5.39. The Morgan fingerprint density at radius 1 is 1.39 bits per heavy atom. The molecule has 3 nitrogen and oxygen atoms in total. The van der Waals surface area contributed by atoms with Gasteiger partial charge in [-0.05, 0) is 50.6 Å². The first-order chi connectivity index (χ1) is 8.16. The molecule has 1 aliphatic heterocycles. The van der Waals surface area contributed by atoms with Crippen LogP contribution < -0.4 is 10.6 Å². The largest absolute Gasteiger partial charge is 0.348 e. The van der Waals surface area contributed by atoms with Gasteiger partial charge < -0.3 is 10.6 Å². The molecular weight excluding hydrogens is 316 g/mol. The predicted molar refractivity (Wildman–Crippen MR) is 79.3 cm³/mol. The summed E-state index contributed by atoms with van der Waals surface area (Å²) in [6.45, 7) is 3.16. The van der Waals surface area contributed by atoms with Gasteiger partial charge in [-0.3, -0.25) is 4.79 Å². The summed E-state index contributed by atoms with van der Waals surface area (Å²) in [5.41, 5.74) is 0.714. The van der Waals surface area contributed by atoms with Crippen LogP contribution in [0.1, 0.15) is 30.1 Å². The number of piperidine rings is 1. The van der Waals surface area contributed by atoms with Crippen molar-refractivity contribution >= 4 is 34.2 Å². The van der Waals surface area contributed by atoms with Gasteiger partial charge in [-0.15, -0.1) is 12.4 Å². The zero-order valence-corrected chi connectivity index (χ0v) is 12.7. The summed E-state index contributed by atoms with van der Waals surface area (Å²) in [5, 5.41) is 6.46. The normalized spacial score (nSPS) is 23.0. The van der Waals surface area contributed by atoms with Crippen LogP contribution in [0, 0.1) is 0 Å². The molecule has 2 N–H and O–H groups in total. The summed E-state index contributed by atoms with van der Waals surface area (Å²) >= 11 is 3.36. The smallest absolute Gasteiger partial charge is 0.251 e. The maximum atomic E-state index is 12.0. The van der Waals surface area contributed by atoms with Crippen molar-refractivity contribution in [2.75, 3.05) is 6.54 Å². The lowest BCUT2D eigenvalue weighted by Gasteiger charge is -2.30. The average molecular weight is 334 g/mol. The maximum Gasteiger partial charge on any atom is 0.251 e. The quantitative estimate of drug-likeness (QED) is 0.874. The third-order valence-corrected chi connectivity index (χ3v) is 3.71. The lowest BCUT2D eigenvalue weighted by atomic mass is 9.99. The Labute approximate surface area is 122 Å². The Kier molecular flexibility index (Phi) is 6.12. The summed E-state index contributed by atoms with van der Waals surface area (Å²) < 4.78 is 0.988. The van der Waals surface area contributed by atoms with Crippen LogP contribution in [0.4, 0.5) is 0 Å². The van der Waals surface area contributed by atoms with Gasteiger partial charge in [0.2, 0.25) is 0 Å². The molecule has 0 spiro atoms. The number of carbonyl (C=O) groups is 1. The molecule has 0 radical (unpaired) electrons. The molecule has 1 aromatic rings. The van der Waals surface area contributed by atoms with Gasteiger partial charge >= 0.3 is 0 Å². The number of amides is 1. The fourth-order valence-electron chi connectivity index (χ4n) is 2.09. The van der Waals surface area contributed by atoms with Gasteiger partial charge in [-0.2, -0.15) is 0 Å². The van der Waals surface area contributed by atoms with Gasteiger partial charge in [-0.25, -0.2) is 0 Å². The minimum atomic E-state index is 0. The van der Waals surface area contributed by atoms with Crippen LogP contribution >= 0.6 is 28.3 Å². The molecule has 100 valence electrons. The first-order valence-electron chi connectivity index (χ1n) is 5.96. The second-order valence-electron chi connectivity index (χ2n) is 4.47. The zero-order valence-electron chi connectivity index (χ0n) is 10.3. The fourth-order valence-corrected chi connectivity index (χ4v) is 2.36. The van der Waals surface area contributed by atoms with E-state index in [2.05, 4.69) is 33.5 Å². The first-order valence-corrected chi connectivity index (χ1v) is 6.76. The molecule has 5 heteroatoms. The third kappa shape index (κ3) is 3.97. The van der Waals surface area contributed by atoms with E-state index in [4.69, 9.17) is 0 Å². The van der Waals surface area contributed by atoms with E-state index in [1.165, 1.54) is 0 Å². The molecule has 1 saturated heterocycles. The average Bonchev–Trinajstić information content (AvgIpc) is 2.33. The van der Waals surface area contributed by atoms with E-state index >= 15 is 0 Å². The molecule has 0 aromatic heterocycles. The SMILES string of the molecule is CC1NCCCC1NC(=O)c1ccc(Br)cc1.Cl. The third-order valence-electron chi connectivity index (χ3n) is 3.18. The van der Waals surface area contributed by atoms with Gasteiger partial charge in [-0.1, -0.05) is 15.9 Å². The summed E-state index contributed by atoms with van der Waals surface area (Å²) in [6, 6.07) is 8.03. The first kappa shape index (κ1) is 15.5. The lowest BCUT2D eigenvalue weighted by Crippen LogP contribution is -2.51.